The van der Waals surface area contributed by atoms with Gasteiger partial charge in [-0.1, -0.05) is 20.8 Å². The van der Waals surface area contributed by atoms with Crippen molar-refractivity contribution in [2.45, 2.75) is 39.7 Å². The SMILES string of the molecule is CC(C)(C)CCN1CCOCC1CC(=O)O. The molecule has 1 aliphatic rings. The van der Waals surface area contributed by atoms with Gasteiger partial charge >= 0.3 is 5.97 Å². The smallest absolute Gasteiger partial charge is 0.305 e. The zero-order valence-corrected chi connectivity index (χ0v) is 10.5. The lowest BCUT2D eigenvalue weighted by molar-refractivity contribution is -0.140. The average molecular weight is 229 g/mol. The number of carboxylic acid groups (broad SMARTS) is 1. The fourth-order valence-electron chi connectivity index (χ4n) is 1.85. The van der Waals surface area contributed by atoms with E-state index in [1.165, 1.54) is 0 Å². The highest BCUT2D eigenvalue weighted by atomic mass is 16.5. The summed E-state index contributed by atoms with van der Waals surface area (Å²) in [5, 5.41) is 8.83. The molecule has 4 nitrogen and oxygen atoms in total. The number of hydrogen-bond donors (Lipinski definition) is 1. The van der Waals surface area contributed by atoms with Gasteiger partial charge in [-0.05, 0) is 18.4 Å². The Morgan fingerprint density at radius 3 is 2.75 bits per heavy atom. The second kappa shape index (κ2) is 5.64. The van der Waals surface area contributed by atoms with Gasteiger partial charge in [0.25, 0.3) is 0 Å². The van der Waals surface area contributed by atoms with Crippen molar-refractivity contribution in [2.75, 3.05) is 26.3 Å². The molecule has 94 valence electrons. The quantitative estimate of drug-likeness (QED) is 0.795. The molecule has 1 rings (SSSR count). The highest BCUT2D eigenvalue weighted by Crippen LogP contribution is 2.21. The Labute approximate surface area is 97.6 Å². The highest BCUT2D eigenvalue weighted by Gasteiger charge is 2.26. The molecule has 0 spiro atoms. The molecule has 1 heterocycles. The summed E-state index contributed by atoms with van der Waals surface area (Å²) in [5.41, 5.74) is 0.298. The lowest BCUT2D eigenvalue weighted by atomic mass is 9.91. The summed E-state index contributed by atoms with van der Waals surface area (Å²) >= 11 is 0. The summed E-state index contributed by atoms with van der Waals surface area (Å²) < 4.78 is 5.34. The molecule has 1 unspecified atom stereocenters. The van der Waals surface area contributed by atoms with Gasteiger partial charge in [-0.2, -0.15) is 0 Å². The Balaban J connectivity index is 2.44. The molecular weight excluding hydrogens is 206 g/mol. The number of hydrogen-bond acceptors (Lipinski definition) is 3. The van der Waals surface area contributed by atoms with Crippen LogP contribution >= 0.6 is 0 Å². The van der Waals surface area contributed by atoms with Crippen molar-refractivity contribution < 1.29 is 14.6 Å². The van der Waals surface area contributed by atoms with Crippen molar-refractivity contribution in [3.05, 3.63) is 0 Å². The summed E-state index contributed by atoms with van der Waals surface area (Å²) in [5.74, 6) is -0.740. The molecule has 1 saturated heterocycles. The average Bonchev–Trinajstić information content (AvgIpc) is 2.14. The Bertz CT molecular complexity index is 235. The third-order valence-corrected chi connectivity index (χ3v) is 2.91. The number of nitrogens with zero attached hydrogens (tertiary/aromatic N) is 1. The van der Waals surface area contributed by atoms with Crippen molar-refractivity contribution in [1.29, 1.82) is 0 Å². The number of ether oxygens (including phenoxy) is 1. The first-order chi connectivity index (χ1) is 7.38. The first kappa shape index (κ1) is 13.5. The molecular formula is C12H23NO3. The third kappa shape index (κ3) is 4.94. The van der Waals surface area contributed by atoms with Crippen LogP contribution in [0, 0.1) is 5.41 Å². The molecule has 0 saturated carbocycles. The first-order valence-corrected chi connectivity index (χ1v) is 5.92. The van der Waals surface area contributed by atoms with E-state index in [4.69, 9.17) is 9.84 Å². The van der Waals surface area contributed by atoms with Crippen LogP contribution in [0.5, 0.6) is 0 Å². The molecule has 0 aromatic rings. The normalized spacial score (nSPS) is 23.3. The molecule has 1 atom stereocenters. The van der Waals surface area contributed by atoms with E-state index in [1.54, 1.807) is 0 Å². The van der Waals surface area contributed by atoms with Crippen LogP contribution < -0.4 is 0 Å². The van der Waals surface area contributed by atoms with E-state index in [-0.39, 0.29) is 12.5 Å². The van der Waals surface area contributed by atoms with Crippen molar-refractivity contribution in [3.63, 3.8) is 0 Å². The largest absolute Gasteiger partial charge is 0.481 e. The van der Waals surface area contributed by atoms with E-state index < -0.39 is 5.97 Å². The molecule has 0 aromatic heterocycles. The molecule has 0 bridgehead atoms. The Hall–Kier alpha value is -0.610. The second-order valence-corrected chi connectivity index (χ2v) is 5.67. The zero-order valence-electron chi connectivity index (χ0n) is 10.5. The fraction of sp³-hybridized carbons (Fsp3) is 0.917. The van der Waals surface area contributed by atoms with Gasteiger partial charge in [-0.3, -0.25) is 9.69 Å². The van der Waals surface area contributed by atoms with Crippen LogP contribution in [0.3, 0.4) is 0 Å². The topological polar surface area (TPSA) is 49.8 Å². The van der Waals surface area contributed by atoms with Crippen molar-refractivity contribution in [3.8, 4) is 0 Å². The van der Waals surface area contributed by atoms with Crippen molar-refractivity contribution in [2.24, 2.45) is 5.41 Å². The second-order valence-electron chi connectivity index (χ2n) is 5.67. The van der Waals surface area contributed by atoms with E-state index in [0.29, 0.717) is 12.0 Å². The monoisotopic (exact) mass is 229 g/mol. The molecule has 0 aromatic carbocycles. The van der Waals surface area contributed by atoms with E-state index in [0.717, 1.165) is 26.1 Å². The maximum Gasteiger partial charge on any atom is 0.305 e. The number of rotatable bonds is 4. The molecule has 1 aliphatic heterocycles. The number of aliphatic carboxylic acids is 1. The van der Waals surface area contributed by atoms with Crippen LogP contribution in [0.25, 0.3) is 0 Å². The van der Waals surface area contributed by atoms with Gasteiger partial charge in [0.05, 0.1) is 19.6 Å². The summed E-state index contributed by atoms with van der Waals surface area (Å²) in [4.78, 5) is 13.0. The lowest BCUT2D eigenvalue weighted by Gasteiger charge is -2.36. The molecule has 4 heteroatoms. The molecule has 1 fully saturated rings. The van der Waals surface area contributed by atoms with Crippen molar-refractivity contribution >= 4 is 5.97 Å². The molecule has 1 N–H and O–H groups in total. The Morgan fingerprint density at radius 1 is 1.50 bits per heavy atom. The number of carbonyl (C=O) groups is 1. The Morgan fingerprint density at radius 2 is 2.19 bits per heavy atom. The summed E-state index contributed by atoms with van der Waals surface area (Å²) in [6.07, 6.45) is 1.27. The van der Waals surface area contributed by atoms with Crippen LogP contribution in [-0.4, -0.2) is 48.3 Å². The van der Waals surface area contributed by atoms with Crippen LogP contribution in [0.4, 0.5) is 0 Å². The summed E-state index contributed by atoms with van der Waals surface area (Å²) in [6.45, 7) is 9.72. The number of morpholine rings is 1. The summed E-state index contributed by atoms with van der Waals surface area (Å²) in [7, 11) is 0. The van der Waals surface area contributed by atoms with Crippen LogP contribution in [0.1, 0.15) is 33.6 Å². The third-order valence-electron chi connectivity index (χ3n) is 2.91. The van der Waals surface area contributed by atoms with E-state index >= 15 is 0 Å². The lowest BCUT2D eigenvalue weighted by Crippen LogP contribution is -2.47. The summed E-state index contributed by atoms with van der Waals surface area (Å²) in [6, 6.07) is 0.0496. The van der Waals surface area contributed by atoms with Gasteiger partial charge in [0.1, 0.15) is 0 Å². The predicted molar refractivity (Wildman–Crippen MR) is 62.5 cm³/mol. The molecule has 0 aliphatic carbocycles. The minimum atomic E-state index is -0.740. The molecule has 16 heavy (non-hydrogen) atoms. The van der Waals surface area contributed by atoms with Gasteiger partial charge in [0, 0.05) is 12.6 Å². The minimum Gasteiger partial charge on any atom is -0.481 e. The van der Waals surface area contributed by atoms with E-state index in [2.05, 4.69) is 25.7 Å². The van der Waals surface area contributed by atoms with Gasteiger partial charge < -0.3 is 9.84 Å². The van der Waals surface area contributed by atoms with Gasteiger partial charge in [-0.25, -0.2) is 0 Å². The number of carboxylic acids is 1. The van der Waals surface area contributed by atoms with E-state index in [9.17, 15) is 4.79 Å². The Kier molecular flexibility index (Phi) is 4.74. The van der Waals surface area contributed by atoms with Crippen molar-refractivity contribution in [1.82, 2.24) is 4.90 Å². The molecule has 0 amide bonds. The standard InChI is InChI=1S/C12H23NO3/c1-12(2,3)4-5-13-6-7-16-9-10(13)8-11(14)15/h10H,4-9H2,1-3H3,(H,14,15). The van der Waals surface area contributed by atoms with Gasteiger partial charge in [-0.15, -0.1) is 0 Å². The maximum absolute atomic E-state index is 10.7. The zero-order chi connectivity index (χ0) is 12.2. The van der Waals surface area contributed by atoms with Gasteiger partial charge in [0.2, 0.25) is 0 Å². The highest BCUT2D eigenvalue weighted by molar-refractivity contribution is 5.67. The van der Waals surface area contributed by atoms with Gasteiger partial charge in [0.15, 0.2) is 0 Å². The van der Waals surface area contributed by atoms with Crippen LogP contribution in [-0.2, 0) is 9.53 Å². The predicted octanol–water partition coefficient (Wildman–Crippen LogP) is 1.60. The first-order valence-electron chi connectivity index (χ1n) is 5.92. The van der Waals surface area contributed by atoms with Crippen LogP contribution in [0.2, 0.25) is 0 Å². The minimum absolute atomic E-state index is 0.0496. The molecule has 0 radical (unpaired) electrons. The fourth-order valence-corrected chi connectivity index (χ4v) is 1.85. The van der Waals surface area contributed by atoms with Crippen LogP contribution in [0.15, 0.2) is 0 Å². The maximum atomic E-state index is 10.7. The van der Waals surface area contributed by atoms with E-state index in [1.807, 2.05) is 0 Å².